The van der Waals surface area contributed by atoms with E-state index < -0.39 is 6.10 Å². The standard InChI is InChI=1S/C15H15ClO2/c1-2-14(17)13-5-3-4-6-15(13)18-12-9-7-11(16)8-10-12/h3-10,14,17H,2H2,1H3. The van der Waals surface area contributed by atoms with Crippen LogP contribution in [0, 0.1) is 0 Å². The molecule has 2 aromatic carbocycles. The average molecular weight is 263 g/mol. The lowest BCUT2D eigenvalue weighted by atomic mass is 10.1. The monoisotopic (exact) mass is 262 g/mol. The van der Waals surface area contributed by atoms with Gasteiger partial charge in [-0.2, -0.15) is 0 Å². The van der Waals surface area contributed by atoms with Gasteiger partial charge in [0.1, 0.15) is 11.5 Å². The summed E-state index contributed by atoms with van der Waals surface area (Å²) in [6, 6.07) is 14.7. The second-order valence-electron chi connectivity index (χ2n) is 4.02. The molecule has 0 heterocycles. The molecule has 0 aliphatic heterocycles. The molecule has 18 heavy (non-hydrogen) atoms. The predicted octanol–water partition coefficient (Wildman–Crippen LogP) is 4.58. The van der Waals surface area contributed by atoms with Crippen LogP contribution in [0.5, 0.6) is 11.5 Å². The van der Waals surface area contributed by atoms with E-state index in [0.29, 0.717) is 22.9 Å². The van der Waals surface area contributed by atoms with Gasteiger partial charge < -0.3 is 9.84 Å². The predicted molar refractivity (Wildman–Crippen MR) is 73.2 cm³/mol. The maximum atomic E-state index is 9.93. The summed E-state index contributed by atoms with van der Waals surface area (Å²) in [5, 5.41) is 10.6. The lowest BCUT2D eigenvalue weighted by Gasteiger charge is -2.14. The van der Waals surface area contributed by atoms with Gasteiger partial charge in [-0.1, -0.05) is 36.7 Å². The molecular weight excluding hydrogens is 248 g/mol. The molecule has 1 unspecified atom stereocenters. The summed E-state index contributed by atoms with van der Waals surface area (Å²) in [5.74, 6) is 1.38. The summed E-state index contributed by atoms with van der Waals surface area (Å²) in [5.41, 5.74) is 0.801. The lowest BCUT2D eigenvalue weighted by Crippen LogP contribution is -1.98. The van der Waals surface area contributed by atoms with Crippen LogP contribution in [-0.2, 0) is 0 Å². The molecular formula is C15H15ClO2. The molecule has 0 spiro atoms. The Labute approximate surface area is 112 Å². The number of ether oxygens (including phenoxy) is 1. The highest BCUT2D eigenvalue weighted by molar-refractivity contribution is 6.30. The maximum absolute atomic E-state index is 9.93. The number of hydrogen-bond donors (Lipinski definition) is 1. The minimum Gasteiger partial charge on any atom is -0.457 e. The van der Waals surface area contributed by atoms with Crippen LogP contribution < -0.4 is 4.74 Å². The number of halogens is 1. The Morgan fingerprint density at radius 3 is 2.44 bits per heavy atom. The fourth-order valence-corrected chi connectivity index (χ4v) is 1.82. The van der Waals surface area contributed by atoms with Gasteiger partial charge in [0, 0.05) is 10.6 Å². The fourth-order valence-electron chi connectivity index (χ4n) is 1.70. The lowest BCUT2D eigenvalue weighted by molar-refractivity contribution is 0.170. The molecule has 2 rings (SSSR count). The van der Waals surface area contributed by atoms with Crippen LogP contribution in [0.1, 0.15) is 25.0 Å². The number of hydrogen-bond acceptors (Lipinski definition) is 2. The zero-order valence-corrected chi connectivity index (χ0v) is 10.9. The molecule has 0 bridgehead atoms. The van der Waals surface area contributed by atoms with Crippen molar-refractivity contribution in [1.29, 1.82) is 0 Å². The van der Waals surface area contributed by atoms with E-state index in [1.54, 1.807) is 24.3 Å². The van der Waals surface area contributed by atoms with E-state index in [1.165, 1.54) is 0 Å². The van der Waals surface area contributed by atoms with Crippen LogP contribution in [0.4, 0.5) is 0 Å². The summed E-state index contributed by atoms with van der Waals surface area (Å²) in [7, 11) is 0. The second-order valence-corrected chi connectivity index (χ2v) is 4.45. The summed E-state index contributed by atoms with van der Waals surface area (Å²) < 4.78 is 5.77. The first-order chi connectivity index (χ1) is 8.70. The molecule has 1 atom stereocenters. The Balaban J connectivity index is 2.26. The maximum Gasteiger partial charge on any atom is 0.133 e. The molecule has 2 nitrogen and oxygen atoms in total. The van der Waals surface area contributed by atoms with Crippen molar-refractivity contribution in [3.8, 4) is 11.5 Å². The zero-order valence-electron chi connectivity index (χ0n) is 10.1. The highest BCUT2D eigenvalue weighted by Crippen LogP contribution is 2.31. The first-order valence-corrected chi connectivity index (χ1v) is 6.29. The van der Waals surface area contributed by atoms with Crippen molar-refractivity contribution in [2.24, 2.45) is 0 Å². The minimum absolute atomic E-state index is 0.506. The van der Waals surface area contributed by atoms with E-state index >= 15 is 0 Å². The van der Waals surface area contributed by atoms with E-state index in [-0.39, 0.29) is 0 Å². The van der Waals surface area contributed by atoms with Crippen LogP contribution >= 0.6 is 11.6 Å². The molecule has 1 N–H and O–H groups in total. The van der Waals surface area contributed by atoms with Crippen molar-refractivity contribution in [1.82, 2.24) is 0 Å². The molecule has 0 saturated carbocycles. The third-order valence-electron chi connectivity index (χ3n) is 2.71. The Kier molecular flexibility index (Phi) is 4.24. The van der Waals surface area contributed by atoms with Gasteiger partial charge in [-0.25, -0.2) is 0 Å². The molecule has 2 aromatic rings. The van der Waals surface area contributed by atoms with Crippen molar-refractivity contribution >= 4 is 11.6 Å². The number of aliphatic hydroxyl groups excluding tert-OH is 1. The van der Waals surface area contributed by atoms with Crippen molar-refractivity contribution < 1.29 is 9.84 Å². The van der Waals surface area contributed by atoms with E-state index in [0.717, 1.165) is 5.56 Å². The van der Waals surface area contributed by atoms with Crippen LogP contribution in [0.2, 0.25) is 5.02 Å². The van der Waals surface area contributed by atoms with Gasteiger partial charge in [-0.3, -0.25) is 0 Å². The quantitative estimate of drug-likeness (QED) is 0.874. The Morgan fingerprint density at radius 2 is 1.78 bits per heavy atom. The molecule has 0 aliphatic rings. The molecule has 0 radical (unpaired) electrons. The summed E-state index contributed by atoms with van der Waals surface area (Å²) in [6.45, 7) is 1.93. The summed E-state index contributed by atoms with van der Waals surface area (Å²) >= 11 is 5.82. The van der Waals surface area contributed by atoms with Crippen LogP contribution in [0.3, 0.4) is 0 Å². The first-order valence-electron chi connectivity index (χ1n) is 5.91. The largest absolute Gasteiger partial charge is 0.457 e. The Bertz CT molecular complexity index is 508. The van der Waals surface area contributed by atoms with E-state index in [1.807, 2.05) is 31.2 Å². The van der Waals surface area contributed by atoms with Gasteiger partial charge >= 0.3 is 0 Å². The van der Waals surface area contributed by atoms with Crippen LogP contribution in [-0.4, -0.2) is 5.11 Å². The van der Waals surface area contributed by atoms with Crippen molar-refractivity contribution in [2.75, 3.05) is 0 Å². The van der Waals surface area contributed by atoms with Crippen molar-refractivity contribution in [3.05, 3.63) is 59.1 Å². The second kappa shape index (κ2) is 5.89. The molecule has 94 valence electrons. The van der Waals surface area contributed by atoms with Crippen LogP contribution in [0.15, 0.2) is 48.5 Å². The van der Waals surface area contributed by atoms with Crippen molar-refractivity contribution in [3.63, 3.8) is 0 Å². The Morgan fingerprint density at radius 1 is 1.11 bits per heavy atom. The first kappa shape index (κ1) is 12.9. The highest BCUT2D eigenvalue weighted by Gasteiger charge is 2.11. The van der Waals surface area contributed by atoms with Crippen molar-refractivity contribution in [2.45, 2.75) is 19.4 Å². The topological polar surface area (TPSA) is 29.5 Å². The van der Waals surface area contributed by atoms with Crippen LogP contribution in [0.25, 0.3) is 0 Å². The van der Waals surface area contributed by atoms with Gasteiger partial charge in [0.2, 0.25) is 0 Å². The number of para-hydroxylation sites is 1. The fraction of sp³-hybridized carbons (Fsp3) is 0.200. The van der Waals surface area contributed by atoms with Gasteiger partial charge in [-0.15, -0.1) is 0 Å². The van der Waals surface area contributed by atoms with Gasteiger partial charge in [0.05, 0.1) is 6.10 Å². The van der Waals surface area contributed by atoms with Gasteiger partial charge in [0.25, 0.3) is 0 Å². The number of rotatable bonds is 4. The summed E-state index contributed by atoms with van der Waals surface area (Å²) in [4.78, 5) is 0. The molecule has 0 aromatic heterocycles. The average Bonchev–Trinajstić information content (AvgIpc) is 2.41. The highest BCUT2D eigenvalue weighted by atomic mass is 35.5. The normalized spacial score (nSPS) is 12.2. The molecule has 0 aliphatic carbocycles. The smallest absolute Gasteiger partial charge is 0.133 e. The molecule has 3 heteroatoms. The zero-order chi connectivity index (χ0) is 13.0. The van der Waals surface area contributed by atoms with Gasteiger partial charge in [0.15, 0.2) is 0 Å². The molecule has 0 amide bonds. The molecule has 0 saturated heterocycles. The van der Waals surface area contributed by atoms with E-state index in [4.69, 9.17) is 16.3 Å². The van der Waals surface area contributed by atoms with E-state index in [9.17, 15) is 5.11 Å². The number of aliphatic hydroxyl groups is 1. The minimum atomic E-state index is -0.506. The third kappa shape index (κ3) is 3.03. The SMILES string of the molecule is CCC(O)c1ccccc1Oc1ccc(Cl)cc1. The van der Waals surface area contributed by atoms with Gasteiger partial charge in [-0.05, 0) is 36.8 Å². The summed E-state index contributed by atoms with van der Waals surface area (Å²) in [6.07, 6.45) is 0.148. The molecule has 0 fully saturated rings. The van der Waals surface area contributed by atoms with E-state index in [2.05, 4.69) is 0 Å². The third-order valence-corrected chi connectivity index (χ3v) is 2.96. The number of benzene rings is 2. The Hall–Kier alpha value is -1.51.